The summed E-state index contributed by atoms with van der Waals surface area (Å²) < 4.78 is -0.0810. The molecule has 0 heterocycles. The molecule has 0 bridgehead atoms. The summed E-state index contributed by atoms with van der Waals surface area (Å²) in [6.45, 7) is 0. The van der Waals surface area contributed by atoms with Crippen molar-refractivity contribution in [1.29, 1.82) is 0 Å². The lowest BCUT2D eigenvalue weighted by molar-refractivity contribution is -0.118. The topological polar surface area (TPSA) is 29.1 Å². The van der Waals surface area contributed by atoms with Crippen LogP contribution in [-0.4, -0.2) is 40.8 Å². The van der Waals surface area contributed by atoms with E-state index in [0.29, 0.717) is 11.8 Å². The Morgan fingerprint density at radius 3 is 2.08 bits per heavy atom. The maximum Gasteiger partial charge on any atom is 0.243 e. The summed E-state index contributed by atoms with van der Waals surface area (Å²) in [6, 6.07) is 0. The van der Waals surface area contributed by atoms with Crippen LogP contribution in [0.3, 0.4) is 0 Å². The lowest BCUT2D eigenvalue weighted by Gasteiger charge is -2.12. The van der Waals surface area contributed by atoms with Crippen molar-refractivity contribution in [3.8, 4) is 0 Å². The van der Waals surface area contributed by atoms with Crippen molar-refractivity contribution >= 4 is 52.6 Å². The Labute approximate surface area is 97.5 Å². The van der Waals surface area contributed by atoms with Crippen LogP contribution >= 0.6 is 46.7 Å². The fraction of sp³-hybridized carbons (Fsp3) is 0.857. The minimum Gasteiger partial charge on any atom is -0.357 e. The summed E-state index contributed by atoms with van der Waals surface area (Å²) in [7, 11) is 1.64. The number of carbonyl (C=O) groups excluding carboxylic acids is 1. The van der Waals surface area contributed by atoms with Gasteiger partial charge in [0.2, 0.25) is 5.91 Å². The Bertz CT molecular complexity index is 140. The molecule has 1 amide bonds. The van der Waals surface area contributed by atoms with Gasteiger partial charge in [0.15, 0.2) is 0 Å². The van der Waals surface area contributed by atoms with E-state index < -0.39 is 0 Å². The predicted octanol–water partition coefficient (Wildman–Crippen LogP) is 2.00. The highest BCUT2D eigenvalue weighted by Crippen LogP contribution is 2.24. The summed E-state index contributed by atoms with van der Waals surface area (Å²) in [6.07, 6.45) is 0. The standard InChI is InChI=1S/C7H13Cl2NOS2/c1-10-6(11)7(12-4-2-8)13-5-3-9/h7H,2-5H2,1H3,(H,10,11). The van der Waals surface area contributed by atoms with E-state index in [1.165, 1.54) is 0 Å². The molecule has 0 aliphatic carbocycles. The normalized spacial score (nSPS) is 10.5. The maximum atomic E-state index is 11.3. The van der Waals surface area contributed by atoms with Crippen molar-refractivity contribution in [1.82, 2.24) is 5.32 Å². The number of thioether (sulfide) groups is 2. The van der Waals surface area contributed by atoms with Crippen LogP contribution in [0.2, 0.25) is 0 Å². The minimum atomic E-state index is -0.0810. The molecule has 0 atom stereocenters. The SMILES string of the molecule is CNC(=O)C(SCCCl)SCCCl. The van der Waals surface area contributed by atoms with Crippen molar-refractivity contribution in [3.63, 3.8) is 0 Å². The van der Waals surface area contributed by atoms with E-state index in [4.69, 9.17) is 23.2 Å². The van der Waals surface area contributed by atoms with Crippen LogP contribution in [-0.2, 0) is 4.79 Å². The van der Waals surface area contributed by atoms with Crippen LogP contribution in [0.4, 0.5) is 0 Å². The van der Waals surface area contributed by atoms with Crippen molar-refractivity contribution in [2.75, 3.05) is 30.3 Å². The molecule has 0 fully saturated rings. The lowest BCUT2D eigenvalue weighted by Crippen LogP contribution is -2.28. The molecule has 0 saturated heterocycles. The van der Waals surface area contributed by atoms with Gasteiger partial charge in [-0.2, -0.15) is 0 Å². The predicted molar refractivity (Wildman–Crippen MR) is 64.2 cm³/mol. The molecule has 2 nitrogen and oxygen atoms in total. The molecule has 1 N–H and O–H groups in total. The van der Waals surface area contributed by atoms with Crippen LogP contribution in [0.25, 0.3) is 0 Å². The molecule has 6 heteroatoms. The van der Waals surface area contributed by atoms with E-state index in [-0.39, 0.29) is 10.5 Å². The zero-order valence-electron chi connectivity index (χ0n) is 7.39. The summed E-state index contributed by atoms with van der Waals surface area (Å²) in [5, 5.41) is 2.62. The molecule has 13 heavy (non-hydrogen) atoms. The third-order valence-corrected chi connectivity index (χ3v) is 4.71. The first-order chi connectivity index (χ1) is 6.26. The van der Waals surface area contributed by atoms with E-state index >= 15 is 0 Å². The molecule has 0 aromatic heterocycles. The van der Waals surface area contributed by atoms with E-state index in [0.717, 1.165) is 11.5 Å². The first kappa shape index (κ1) is 13.8. The van der Waals surface area contributed by atoms with Crippen molar-refractivity contribution in [2.24, 2.45) is 0 Å². The third-order valence-electron chi connectivity index (χ3n) is 1.15. The number of rotatable bonds is 7. The molecule has 0 aliphatic heterocycles. The highest BCUT2D eigenvalue weighted by molar-refractivity contribution is 8.18. The molecular weight excluding hydrogens is 249 g/mol. The molecule has 0 saturated carbocycles. The van der Waals surface area contributed by atoms with E-state index in [9.17, 15) is 4.79 Å². The van der Waals surface area contributed by atoms with Gasteiger partial charge < -0.3 is 5.32 Å². The van der Waals surface area contributed by atoms with Crippen LogP contribution in [0, 0.1) is 0 Å². The molecule has 0 rings (SSSR count). The highest BCUT2D eigenvalue weighted by Gasteiger charge is 2.16. The quantitative estimate of drug-likeness (QED) is 0.562. The van der Waals surface area contributed by atoms with E-state index in [1.54, 1.807) is 30.6 Å². The molecule has 0 radical (unpaired) electrons. The maximum absolute atomic E-state index is 11.3. The van der Waals surface area contributed by atoms with Gasteiger partial charge in [0.25, 0.3) is 0 Å². The van der Waals surface area contributed by atoms with Gasteiger partial charge in [-0.05, 0) is 0 Å². The van der Waals surface area contributed by atoms with Crippen LogP contribution in [0.1, 0.15) is 0 Å². The Kier molecular flexibility index (Phi) is 9.85. The first-order valence-electron chi connectivity index (χ1n) is 3.83. The Morgan fingerprint density at radius 2 is 1.77 bits per heavy atom. The van der Waals surface area contributed by atoms with Gasteiger partial charge in [0.1, 0.15) is 4.58 Å². The number of alkyl halides is 2. The van der Waals surface area contributed by atoms with Crippen molar-refractivity contribution in [3.05, 3.63) is 0 Å². The Balaban J connectivity index is 3.79. The molecule has 0 aliphatic rings. The summed E-state index contributed by atoms with van der Waals surface area (Å²) in [5.74, 6) is 2.74. The first-order valence-corrected chi connectivity index (χ1v) is 6.99. The molecule has 78 valence electrons. The zero-order chi connectivity index (χ0) is 10.1. The number of nitrogens with one attached hydrogen (secondary N) is 1. The third kappa shape index (κ3) is 6.77. The number of amides is 1. The molecular formula is C7H13Cl2NOS2. The van der Waals surface area contributed by atoms with E-state index in [2.05, 4.69) is 5.32 Å². The summed E-state index contributed by atoms with van der Waals surface area (Å²) in [5.41, 5.74) is 0. The molecule has 0 aromatic carbocycles. The molecule has 0 aromatic rings. The average molecular weight is 262 g/mol. The second kappa shape index (κ2) is 9.31. The number of hydrogen-bond donors (Lipinski definition) is 1. The fourth-order valence-corrected chi connectivity index (χ4v) is 3.26. The second-order valence-corrected chi connectivity index (χ2v) is 5.55. The lowest BCUT2D eigenvalue weighted by atomic mass is 10.7. The minimum absolute atomic E-state index is 0.0326. The molecule has 0 spiro atoms. The van der Waals surface area contributed by atoms with Crippen LogP contribution in [0.15, 0.2) is 0 Å². The second-order valence-electron chi connectivity index (χ2n) is 2.07. The van der Waals surface area contributed by atoms with Crippen LogP contribution in [0.5, 0.6) is 0 Å². The molecule has 0 unspecified atom stereocenters. The highest BCUT2D eigenvalue weighted by atomic mass is 35.5. The Hall–Kier alpha value is 0.750. The van der Waals surface area contributed by atoms with Crippen molar-refractivity contribution in [2.45, 2.75) is 4.58 Å². The van der Waals surface area contributed by atoms with Gasteiger partial charge in [-0.3, -0.25) is 4.79 Å². The van der Waals surface area contributed by atoms with Gasteiger partial charge in [0, 0.05) is 30.3 Å². The fourth-order valence-electron chi connectivity index (χ4n) is 0.621. The van der Waals surface area contributed by atoms with Crippen molar-refractivity contribution < 1.29 is 4.79 Å². The van der Waals surface area contributed by atoms with Gasteiger partial charge in [-0.25, -0.2) is 0 Å². The number of hydrogen-bond acceptors (Lipinski definition) is 3. The van der Waals surface area contributed by atoms with Gasteiger partial charge in [-0.1, -0.05) is 0 Å². The van der Waals surface area contributed by atoms with Gasteiger partial charge in [-0.15, -0.1) is 46.7 Å². The number of halogens is 2. The van der Waals surface area contributed by atoms with Gasteiger partial charge >= 0.3 is 0 Å². The summed E-state index contributed by atoms with van der Waals surface area (Å²) in [4.78, 5) is 11.3. The monoisotopic (exact) mass is 261 g/mol. The Morgan fingerprint density at radius 1 is 1.31 bits per heavy atom. The van der Waals surface area contributed by atoms with Gasteiger partial charge in [0.05, 0.1) is 0 Å². The zero-order valence-corrected chi connectivity index (χ0v) is 10.5. The number of carbonyl (C=O) groups is 1. The van der Waals surface area contributed by atoms with Crippen LogP contribution < -0.4 is 5.32 Å². The van der Waals surface area contributed by atoms with E-state index in [1.807, 2.05) is 0 Å². The largest absolute Gasteiger partial charge is 0.357 e. The smallest absolute Gasteiger partial charge is 0.243 e. The summed E-state index contributed by atoms with van der Waals surface area (Å²) >= 11 is 14.2. The average Bonchev–Trinajstić information content (AvgIpc) is 2.17.